The Morgan fingerprint density at radius 1 is 1.22 bits per heavy atom. The Morgan fingerprint density at radius 2 is 1.89 bits per heavy atom. The first kappa shape index (κ1) is 20.1. The number of anilines is 1. The molecule has 0 atom stereocenters. The number of phenolic OH excluding ortho intramolecular Hbond substituents is 1. The number of nitrogens with one attached hydrogen (secondary N) is 2. The Hall–Kier alpha value is -3.26. The minimum Gasteiger partial charge on any atom is -0.506 e. The van der Waals surface area contributed by atoms with E-state index >= 15 is 0 Å². The number of phenols is 1. The van der Waals surface area contributed by atoms with Crippen LogP contribution in [0.2, 0.25) is 0 Å². The van der Waals surface area contributed by atoms with Crippen molar-refractivity contribution >= 4 is 40.7 Å². The number of rotatable bonds is 5. The van der Waals surface area contributed by atoms with Gasteiger partial charge in [-0.15, -0.1) is 0 Å². The minimum absolute atomic E-state index is 0.0303. The first-order valence-corrected chi connectivity index (χ1v) is 8.54. The molecule has 1 amide bonds. The zero-order valence-corrected chi connectivity index (χ0v) is 15.6. The lowest BCUT2D eigenvalue weighted by molar-refractivity contribution is -0.384. The number of aromatic hydroxyl groups is 1. The molecular formula is C19H19N3O4S. The highest BCUT2D eigenvalue weighted by Gasteiger charge is 2.12. The molecule has 8 heteroatoms. The summed E-state index contributed by atoms with van der Waals surface area (Å²) in [6.07, 6.45) is 2.97. The number of amides is 1. The number of carbonyl (C=O) groups excluding carboxylic acids is 1. The van der Waals surface area contributed by atoms with Crippen molar-refractivity contribution in [3.05, 3.63) is 69.8 Å². The monoisotopic (exact) mass is 385 g/mol. The summed E-state index contributed by atoms with van der Waals surface area (Å²) in [6.45, 7) is 4.21. The average molecular weight is 385 g/mol. The van der Waals surface area contributed by atoms with E-state index < -0.39 is 10.8 Å². The van der Waals surface area contributed by atoms with E-state index in [4.69, 9.17) is 12.2 Å². The first-order chi connectivity index (χ1) is 12.8. The van der Waals surface area contributed by atoms with E-state index in [1.807, 2.05) is 24.3 Å². The van der Waals surface area contributed by atoms with E-state index in [-0.39, 0.29) is 22.2 Å². The molecule has 0 aliphatic carbocycles. The predicted molar refractivity (Wildman–Crippen MR) is 109 cm³/mol. The molecule has 0 unspecified atom stereocenters. The van der Waals surface area contributed by atoms with Gasteiger partial charge < -0.3 is 10.4 Å². The highest BCUT2D eigenvalue weighted by molar-refractivity contribution is 7.80. The summed E-state index contributed by atoms with van der Waals surface area (Å²) in [7, 11) is 0. The van der Waals surface area contributed by atoms with Crippen molar-refractivity contribution in [1.82, 2.24) is 5.32 Å². The summed E-state index contributed by atoms with van der Waals surface area (Å²) in [5.74, 6) is -0.261. The summed E-state index contributed by atoms with van der Waals surface area (Å²) in [5.41, 5.74) is 1.89. The fourth-order valence-corrected chi connectivity index (χ4v) is 2.42. The fraction of sp³-hybridized carbons (Fsp3) is 0.158. The Balaban J connectivity index is 1.96. The lowest BCUT2D eigenvalue weighted by Gasteiger charge is -2.09. The maximum atomic E-state index is 12.0. The maximum Gasteiger partial charge on any atom is 0.271 e. The third-order valence-electron chi connectivity index (χ3n) is 3.71. The van der Waals surface area contributed by atoms with Crippen LogP contribution < -0.4 is 10.6 Å². The smallest absolute Gasteiger partial charge is 0.271 e. The van der Waals surface area contributed by atoms with Crippen molar-refractivity contribution in [1.29, 1.82) is 0 Å². The SMILES string of the molecule is CC(C)c1ccc(/C=C/C(=O)NC(=S)Nc2cc([N+](=O)[O-])ccc2O)cc1. The number of nitro benzene ring substituents is 1. The van der Waals surface area contributed by atoms with Crippen molar-refractivity contribution in [2.75, 3.05) is 5.32 Å². The number of thiocarbonyl (C=S) groups is 1. The molecule has 0 aliphatic rings. The van der Waals surface area contributed by atoms with E-state index in [0.717, 1.165) is 17.7 Å². The lowest BCUT2D eigenvalue weighted by atomic mass is 10.0. The van der Waals surface area contributed by atoms with Gasteiger partial charge in [-0.05, 0) is 41.4 Å². The second-order valence-electron chi connectivity index (χ2n) is 6.06. The number of hydrogen-bond acceptors (Lipinski definition) is 5. The van der Waals surface area contributed by atoms with Crippen molar-refractivity contribution < 1.29 is 14.8 Å². The Bertz CT molecular complexity index is 892. The van der Waals surface area contributed by atoms with Crippen LogP contribution in [-0.4, -0.2) is 21.0 Å². The van der Waals surface area contributed by atoms with Crippen LogP contribution in [0, 0.1) is 10.1 Å². The highest BCUT2D eigenvalue weighted by atomic mass is 32.1. The molecule has 140 valence electrons. The number of nitro groups is 1. The van der Waals surface area contributed by atoms with Crippen molar-refractivity contribution in [2.24, 2.45) is 0 Å². The third kappa shape index (κ3) is 5.89. The van der Waals surface area contributed by atoms with Gasteiger partial charge in [-0.2, -0.15) is 0 Å². The number of carbonyl (C=O) groups is 1. The molecule has 0 saturated carbocycles. The van der Waals surface area contributed by atoms with Crippen LogP contribution in [0.4, 0.5) is 11.4 Å². The maximum absolute atomic E-state index is 12.0. The van der Waals surface area contributed by atoms with E-state index in [2.05, 4.69) is 24.5 Å². The second kappa shape index (κ2) is 8.91. The van der Waals surface area contributed by atoms with Gasteiger partial charge in [-0.3, -0.25) is 20.2 Å². The van der Waals surface area contributed by atoms with Crippen molar-refractivity contribution in [2.45, 2.75) is 19.8 Å². The van der Waals surface area contributed by atoms with Gasteiger partial charge in [0.25, 0.3) is 5.69 Å². The molecule has 0 bridgehead atoms. The number of non-ortho nitro benzene ring substituents is 1. The Kier molecular flexibility index (Phi) is 6.62. The number of benzene rings is 2. The van der Waals surface area contributed by atoms with E-state index in [1.54, 1.807) is 6.08 Å². The standard InChI is InChI=1S/C19H19N3O4S/c1-12(2)14-6-3-13(4-7-14)5-10-18(24)21-19(27)20-16-11-15(22(25)26)8-9-17(16)23/h3-12,23H,1-2H3,(H2,20,21,24,27)/b10-5+. The quantitative estimate of drug-likeness (QED) is 0.237. The predicted octanol–water partition coefficient (Wildman–Crippen LogP) is 3.95. The molecule has 0 aliphatic heterocycles. The molecule has 0 saturated heterocycles. The molecule has 2 aromatic carbocycles. The topological polar surface area (TPSA) is 104 Å². The molecule has 2 aromatic rings. The number of nitrogens with zero attached hydrogens (tertiary/aromatic N) is 1. The molecule has 2 rings (SSSR count). The largest absolute Gasteiger partial charge is 0.506 e. The highest BCUT2D eigenvalue weighted by Crippen LogP contribution is 2.27. The van der Waals surface area contributed by atoms with Crippen LogP contribution in [0.3, 0.4) is 0 Å². The van der Waals surface area contributed by atoms with Gasteiger partial charge in [-0.25, -0.2) is 0 Å². The molecule has 3 N–H and O–H groups in total. The molecule has 0 fully saturated rings. The molecule has 0 radical (unpaired) electrons. The van der Waals surface area contributed by atoms with Gasteiger partial charge in [0.05, 0.1) is 10.6 Å². The van der Waals surface area contributed by atoms with E-state index in [0.29, 0.717) is 5.92 Å². The molecule has 0 spiro atoms. The summed E-state index contributed by atoms with van der Waals surface area (Å²) in [6, 6.07) is 11.3. The van der Waals surface area contributed by atoms with Crippen LogP contribution in [0.5, 0.6) is 5.75 Å². The van der Waals surface area contributed by atoms with Crippen molar-refractivity contribution in [3.8, 4) is 5.75 Å². The summed E-state index contributed by atoms with van der Waals surface area (Å²) in [5, 5.41) is 25.4. The van der Waals surface area contributed by atoms with Crippen LogP contribution in [0.1, 0.15) is 30.9 Å². The first-order valence-electron chi connectivity index (χ1n) is 8.13. The van der Waals surface area contributed by atoms with Crippen LogP contribution in [0.25, 0.3) is 6.08 Å². The third-order valence-corrected chi connectivity index (χ3v) is 3.91. The molecule has 0 aromatic heterocycles. The fourth-order valence-electron chi connectivity index (χ4n) is 2.21. The zero-order chi connectivity index (χ0) is 20.0. The normalized spacial score (nSPS) is 10.8. The molecule has 7 nitrogen and oxygen atoms in total. The number of hydrogen-bond donors (Lipinski definition) is 3. The van der Waals surface area contributed by atoms with E-state index in [9.17, 15) is 20.0 Å². The second-order valence-corrected chi connectivity index (χ2v) is 6.46. The molecular weight excluding hydrogens is 366 g/mol. The van der Waals surface area contributed by atoms with Crippen LogP contribution >= 0.6 is 12.2 Å². The summed E-state index contributed by atoms with van der Waals surface area (Å²) >= 11 is 5.00. The van der Waals surface area contributed by atoms with Gasteiger partial charge in [0.1, 0.15) is 5.75 Å². The van der Waals surface area contributed by atoms with Crippen LogP contribution in [-0.2, 0) is 4.79 Å². The van der Waals surface area contributed by atoms with Gasteiger partial charge >= 0.3 is 0 Å². The Labute approximate surface area is 161 Å². The summed E-state index contributed by atoms with van der Waals surface area (Å²) < 4.78 is 0. The van der Waals surface area contributed by atoms with Gasteiger partial charge in [-0.1, -0.05) is 38.1 Å². The minimum atomic E-state index is -0.598. The van der Waals surface area contributed by atoms with Crippen molar-refractivity contribution in [3.63, 3.8) is 0 Å². The van der Waals surface area contributed by atoms with Gasteiger partial charge in [0, 0.05) is 18.2 Å². The molecule has 27 heavy (non-hydrogen) atoms. The van der Waals surface area contributed by atoms with E-state index in [1.165, 1.54) is 17.7 Å². The Morgan fingerprint density at radius 3 is 2.48 bits per heavy atom. The van der Waals surface area contributed by atoms with Crippen LogP contribution in [0.15, 0.2) is 48.5 Å². The zero-order valence-electron chi connectivity index (χ0n) is 14.8. The van der Waals surface area contributed by atoms with Gasteiger partial charge in [0.2, 0.25) is 5.91 Å². The lowest BCUT2D eigenvalue weighted by Crippen LogP contribution is -2.32. The summed E-state index contributed by atoms with van der Waals surface area (Å²) in [4.78, 5) is 22.1. The molecule has 0 heterocycles. The van der Waals surface area contributed by atoms with Gasteiger partial charge in [0.15, 0.2) is 5.11 Å². The average Bonchev–Trinajstić information content (AvgIpc) is 2.62.